The average Bonchev–Trinajstić information content (AvgIpc) is 3.15. The molecule has 168 valence electrons. The molecular weight excluding hydrogens is 446 g/mol. The molecule has 1 saturated heterocycles. The molecule has 2 amide bonds. The number of hydrogen-bond donors (Lipinski definition) is 4. The summed E-state index contributed by atoms with van der Waals surface area (Å²) < 4.78 is 29.6. The molecule has 12 heteroatoms. The fraction of sp³-hybridized carbons (Fsp3) is 0.350. The Morgan fingerprint density at radius 2 is 2.00 bits per heavy atom. The summed E-state index contributed by atoms with van der Waals surface area (Å²) in [7, 11) is 0. The quantitative estimate of drug-likeness (QED) is 0.471. The number of carbonyl (C=O) groups excluding carboxylic acids is 1. The van der Waals surface area contributed by atoms with Crippen molar-refractivity contribution in [2.75, 3.05) is 16.8 Å². The molecule has 9 nitrogen and oxygen atoms in total. The molecule has 1 saturated carbocycles. The number of halogens is 3. The standard InChI is InChI=1S/C20H19ClF2N6O3/c21-18-17(26-20(32)24-13-7-15(13)31)19-25-16(3-4-29(19)27-18)28-8-10(30)6-14(28)11-5-9(22)1-2-12(11)23/h1-5,10,13-15,30-31H,6-8H2,(H2,24,26,32)/t10-,13+,14+,15+/m0/s1. The molecule has 0 unspecified atom stereocenters. The van der Waals surface area contributed by atoms with E-state index in [1.165, 1.54) is 4.52 Å². The van der Waals surface area contributed by atoms with Crippen LogP contribution in [0.1, 0.15) is 24.4 Å². The third-order valence-electron chi connectivity index (χ3n) is 5.63. The van der Waals surface area contributed by atoms with E-state index < -0.39 is 35.9 Å². The van der Waals surface area contributed by atoms with Crippen molar-refractivity contribution in [1.82, 2.24) is 19.9 Å². The first-order chi connectivity index (χ1) is 15.3. The lowest BCUT2D eigenvalue weighted by molar-refractivity contribution is 0.194. The molecule has 2 fully saturated rings. The first kappa shape index (κ1) is 20.9. The average molecular weight is 465 g/mol. The van der Waals surface area contributed by atoms with Gasteiger partial charge in [-0.2, -0.15) is 5.10 Å². The van der Waals surface area contributed by atoms with Gasteiger partial charge in [0.25, 0.3) is 0 Å². The number of fused-ring (bicyclic) bond motifs is 1. The van der Waals surface area contributed by atoms with Crippen molar-refractivity contribution in [1.29, 1.82) is 0 Å². The number of aromatic nitrogens is 3. The third kappa shape index (κ3) is 3.83. The van der Waals surface area contributed by atoms with Gasteiger partial charge in [0.15, 0.2) is 10.8 Å². The smallest absolute Gasteiger partial charge is 0.319 e. The molecule has 4 atom stereocenters. The van der Waals surface area contributed by atoms with Gasteiger partial charge in [-0.25, -0.2) is 23.1 Å². The summed E-state index contributed by atoms with van der Waals surface area (Å²) >= 11 is 6.18. The van der Waals surface area contributed by atoms with E-state index in [9.17, 15) is 23.8 Å². The lowest BCUT2D eigenvalue weighted by Crippen LogP contribution is -2.32. The maximum Gasteiger partial charge on any atom is 0.319 e. The molecule has 2 aliphatic rings. The summed E-state index contributed by atoms with van der Waals surface area (Å²) in [6, 6.07) is 3.31. The highest BCUT2D eigenvalue weighted by Crippen LogP contribution is 2.38. The minimum atomic E-state index is -0.762. The monoisotopic (exact) mass is 464 g/mol. The number of rotatable bonds is 4. The number of hydrogen-bond acceptors (Lipinski definition) is 6. The Labute approximate surface area is 185 Å². The molecule has 5 rings (SSSR count). The fourth-order valence-electron chi connectivity index (χ4n) is 3.95. The van der Waals surface area contributed by atoms with Gasteiger partial charge >= 0.3 is 6.03 Å². The third-order valence-corrected chi connectivity index (χ3v) is 5.89. The van der Waals surface area contributed by atoms with Crippen LogP contribution in [0.15, 0.2) is 30.5 Å². The number of aliphatic hydroxyl groups is 2. The Balaban J connectivity index is 1.48. The number of benzene rings is 1. The molecule has 4 N–H and O–H groups in total. The van der Waals surface area contributed by atoms with Crippen LogP contribution < -0.4 is 15.5 Å². The van der Waals surface area contributed by atoms with Crippen molar-refractivity contribution in [2.45, 2.75) is 37.1 Å². The van der Waals surface area contributed by atoms with E-state index in [0.29, 0.717) is 12.2 Å². The Morgan fingerprint density at radius 1 is 1.22 bits per heavy atom. The van der Waals surface area contributed by atoms with E-state index in [-0.39, 0.29) is 41.1 Å². The molecule has 1 aromatic carbocycles. The molecule has 1 aliphatic heterocycles. The minimum absolute atomic E-state index is 0.00956. The zero-order valence-electron chi connectivity index (χ0n) is 16.5. The van der Waals surface area contributed by atoms with E-state index in [1.807, 2.05) is 0 Å². The van der Waals surface area contributed by atoms with Gasteiger partial charge in [-0.3, -0.25) is 0 Å². The Morgan fingerprint density at radius 3 is 2.75 bits per heavy atom. The molecule has 0 spiro atoms. The Hall–Kier alpha value is -3.02. The second-order valence-corrected chi connectivity index (χ2v) is 8.31. The van der Waals surface area contributed by atoms with Gasteiger partial charge in [-0.15, -0.1) is 0 Å². The van der Waals surface area contributed by atoms with Gasteiger partial charge in [-0.1, -0.05) is 11.6 Å². The number of anilines is 2. The van der Waals surface area contributed by atoms with Crippen molar-refractivity contribution in [2.24, 2.45) is 0 Å². The predicted octanol–water partition coefficient (Wildman–Crippen LogP) is 2.23. The fourth-order valence-corrected chi connectivity index (χ4v) is 4.16. The van der Waals surface area contributed by atoms with E-state index >= 15 is 0 Å². The molecule has 1 aliphatic carbocycles. The van der Waals surface area contributed by atoms with Crippen molar-refractivity contribution in [3.63, 3.8) is 0 Å². The van der Waals surface area contributed by atoms with Crippen LogP contribution in [0.2, 0.25) is 5.15 Å². The second kappa shape index (κ2) is 7.84. The SMILES string of the molecule is O=C(Nc1c(Cl)nn2ccc(N3C[C@@H](O)C[C@@H]3c3cc(F)ccc3F)nc12)N[C@@H]1C[C@H]1O. The van der Waals surface area contributed by atoms with Crippen LogP contribution >= 0.6 is 11.6 Å². The van der Waals surface area contributed by atoms with Crippen LogP contribution in [0, 0.1) is 11.6 Å². The van der Waals surface area contributed by atoms with Crippen LogP contribution in [0.4, 0.5) is 25.1 Å². The van der Waals surface area contributed by atoms with Gasteiger partial charge in [-0.05, 0) is 37.1 Å². The van der Waals surface area contributed by atoms with Crippen molar-refractivity contribution >= 4 is 34.8 Å². The number of nitrogens with zero attached hydrogens (tertiary/aromatic N) is 4. The lowest BCUT2D eigenvalue weighted by atomic mass is 10.0. The second-order valence-electron chi connectivity index (χ2n) is 7.95. The predicted molar refractivity (Wildman–Crippen MR) is 112 cm³/mol. The van der Waals surface area contributed by atoms with Gasteiger partial charge < -0.3 is 25.7 Å². The number of β-amino-alcohol motifs (C(OH)–C–C–N with tert-alkyl or cyclic N) is 1. The van der Waals surface area contributed by atoms with E-state index in [0.717, 1.165) is 18.2 Å². The molecule has 0 radical (unpaired) electrons. The van der Waals surface area contributed by atoms with Crippen molar-refractivity contribution in [3.8, 4) is 0 Å². The molecule has 0 bridgehead atoms. The maximum atomic E-state index is 14.4. The summed E-state index contributed by atoms with van der Waals surface area (Å²) in [6.07, 6.45) is 0.924. The minimum Gasteiger partial charge on any atom is -0.391 e. The number of nitrogens with one attached hydrogen (secondary N) is 2. The normalized spacial score (nSPS) is 24.7. The largest absolute Gasteiger partial charge is 0.391 e. The summed E-state index contributed by atoms with van der Waals surface area (Å²) in [5, 5.41) is 29.0. The number of amides is 2. The topological polar surface area (TPSA) is 115 Å². The van der Waals surface area contributed by atoms with Crippen LogP contribution in [-0.2, 0) is 0 Å². The number of urea groups is 1. The van der Waals surface area contributed by atoms with Crippen LogP contribution in [-0.4, -0.2) is 55.6 Å². The van der Waals surface area contributed by atoms with Gasteiger partial charge in [0.1, 0.15) is 23.1 Å². The van der Waals surface area contributed by atoms with Gasteiger partial charge in [0.2, 0.25) is 0 Å². The first-order valence-electron chi connectivity index (χ1n) is 10.0. The van der Waals surface area contributed by atoms with Crippen LogP contribution in [0.5, 0.6) is 0 Å². The highest BCUT2D eigenvalue weighted by atomic mass is 35.5. The summed E-state index contributed by atoms with van der Waals surface area (Å²) in [4.78, 5) is 18.4. The molecule has 3 aromatic rings. The maximum absolute atomic E-state index is 14.4. The number of carbonyl (C=O) groups is 1. The molecule has 3 heterocycles. The van der Waals surface area contributed by atoms with E-state index in [4.69, 9.17) is 11.6 Å². The van der Waals surface area contributed by atoms with Crippen molar-refractivity contribution < 1.29 is 23.8 Å². The highest BCUT2D eigenvalue weighted by Gasteiger charge is 2.37. The first-order valence-corrected chi connectivity index (χ1v) is 10.4. The molecule has 32 heavy (non-hydrogen) atoms. The van der Waals surface area contributed by atoms with E-state index in [1.54, 1.807) is 17.2 Å². The summed E-state index contributed by atoms with van der Waals surface area (Å²) in [6.45, 7) is 0.161. The summed E-state index contributed by atoms with van der Waals surface area (Å²) in [5.74, 6) is -0.780. The zero-order valence-corrected chi connectivity index (χ0v) is 17.3. The molecule has 2 aromatic heterocycles. The van der Waals surface area contributed by atoms with Gasteiger partial charge in [0, 0.05) is 18.3 Å². The van der Waals surface area contributed by atoms with Crippen LogP contribution in [0.3, 0.4) is 0 Å². The van der Waals surface area contributed by atoms with Crippen LogP contribution in [0.25, 0.3) is 5.65 Å². The Kier molecular flexibility index (Phi) is 5.11. The Bertz CT molecular complexity index is 1210. The zero-order chi connectivity index (χ0) is 22.6. The van der Waals surface area contributed by atoms with E-state index in [2.05, 4.69) is 20.7 Å². The summed E-state index contributed by atoms with van der Waals surface area (Å²) in [5.41, 5.74) is 0.517. The van der Waals surface area contributed by atoms with Gasteiger partial charge in [0.05, 0.1) is 24.3 Å². The highest BCUT2D eigenvalue weighted by molar-refractivity contribution is 6.33. The lowest BCUT2D eigenvalue weighted by Gasteiger charge is -2.26. The van der Waals surface area contributed by atoms with Crippen molar-refractivity contribution in [3.05, 3.63) is 52.8 Å². The molecular formula is C20H19ClF2N6O3. The number of aliphatic hydroxyl groups excluding tert-OH is 2.